The van der Waals surface area contributed by atoms with Crippen LogP contribution in [0.15, 0.2) is 95.9 Å². The molecule has 4 aromatic carbocycles. The van der Waals surface area contributed by atoms with E-state index in [0.717, 1.165) is 28.0 Å². The first-order valence-electron chi connectivity index (χ1n) is 13.0. The van der Waals surface area contributed by atoms with Gasteiger partial charge in [-0.25, -0.2) is 13.4 Å². The number of sulfone groups is 1. The third-order valence-corrected chi connectivity index (χ3v) is 8.57. The lowest BCUT2D eigenvalue weighted by atomic mass is 10.1. The fourth-order valence-corrected chi connectivity index (χ4v) is 5.45. The molecule has 1 amide bonds. The van der Waals surface area contributed by atoms with Crippen LogP contribution in [0.3, 0.4) is 0 Å². The topological polar surface area (TPSA) is 81.1 Å². The number of nitrogens with zero attached hydrogens (tertiary/aromatic N) is 2. The molecule has 0 spiro atoms. The molecule has 1 heterocycles. The van der Waals surface area contributed by atoms with Crippen molar-refractivity contribution in [2.45, 2.75) is 38.6 Å². The predicted octanol–water partition coefficient (Wildman–Crippen LogP) is 6.34. The van der Waals surface area contributed by atoms with Crippen molar-refractivity contribution < 1.29 is 13.2 Å². The minimum absolute atomic E-state index is 0.0463. The number of carbonyl (C=O) groups excluding carboxylic acids is 1. The molecule has 0 aliphatic carbocycles. The second-order valence-corrected chi connectivity index (χ2v) is 12.1. The number of rotatable bonds is 8. The second kappa shape index (κ2) is 10.9. The van der Waals surface area contributed by atoms with Crippen molar-refractivity contribution in [3.8, 4) is 11.4 Å². The maximum absolute atomic E-state index is 12.7. The molecule has 5 aromatic rings. The van der Waals surface area contributed by atoms with Gasteiger partial charge in [-0.3, -0.25) is 4.79 Å². The van der Waals surface area contributed by atoms with Crippen molar-refractivity contribution in [1.29, 1.82) is 0 Å². The van der Waals surface area contributed by atoms with Gasteiger partial charge in [0, 0.05) is 17.8 Å². The number of nitrogens with one attached hydrogen (secondary N) is 1. The summed E-state index contributed by atoms with van der Waals surface area (Å²) in [5.74, 6) is 0.747. The van der Waals surface area contributed by atoms with E-state index in [1.54, 1.807) is 31.2 Å². The highest BCUT2D eigenvalue weighted by atomic mass is 32.2. The minimum atomic E-state index is -3.26. The van der Waals surface area contributed by atoms with Gasteiger partial charge < -0.3 is 9.88 Å². The van der Waals surface area contributed by atoms with E-state index < -0.39 is 9.84 Å². The van der Waals surface area contributed by atoms with Crippen LogP contribution in [-0.4, -0.2) is 29.6 Å². The fourth-order valence-electron chi connectivity index (χ4n) is 4.56. The van der Waals surface area contributed by atoms with Gasteiger partial charge in [0.05, 0.1) is 28.1 Å². The Morgan fingerprint density at radius 2 is 1.46 bits per heavy atom. The van der Waals surface area contributed by atoms with Crippen LogP contribution in [0.25, 0.3) is 22.4 Å². The Morgan fingerprint density at radius 3 is 2.13 bits per heavy atom. The van der Waals surface area contributed by atoms with Gasteiger partial charge in [0.2, 0.25) is 5.91 Å². The molecular formula is C32H31N3O3S. The summed E-state index contributed by atoms with van der Waals surface area (Å²) in [4.78, 5) is 17.9. The molecule has 0 radical (unpaired) electrons. The summed E-state index contributed by atoms with van der Waals surface area (Å²) in [6.45, 7) is 6.48. The zero-order chi connectivity index (χ0) is 27.6. The number of hydrogen-bond donors (Lipinski definition) is 1. The van der Waals surface area contributed by atoms with Gasteiger partial charge in [0.15, 0.2) is 9.84 Å². The van der Waals surface area contributed by atoms with Crippen LogP contribution in [0.4, 0.5) is 5.69 Å². The number of hydrogen-bond acceptors (Lipinski definition) is 4. The molecule has 0 saturated heterocycles. The number of carbonyl (C=O) groups is 1. The van der Waals surface area contributed by atoms with Crippen molar-refractivity contribution in [3.63, 3.8) is 0 Å². The maximum atomic E-state index is 12.7. The van der Waals surface area contributed by atoms with Crippen LogP contribution in [0.5, 0.6) is 0 Å². The van der Waals surface area contributed by atoms with Crippen molar-refractivity contribution >= 4 is 32.5 Å². The predicted molar refractivity (Wildman–Crippen MR) is 157 cm³/mol. The van der Waals surface area contributed by atoms with Crippen LogP contribution < -0.4 is 5.32 Å². The van der Waals surface area contributed by atoms with Crippen LogP contribution in [0.2, 0.25) is 0 Å². The number of aromatic nitrogens is 2. The molecular weight excluding hydrogens is 506 g/mol. The SMILES string of the molecule is CCS(=O)(=O)c1ccc(CC(=O)Nc2ccc(-c3nc4ccc(C)cc4n3Cc3ccc(C)cc3)cc2)cc1. The summed E-state index contributed by atoms with van der Waals surface area (Å²) >= 11 is 0. The quantitative estimate of drug-likeness (QED) is 0.250. The number of benzene rings is 4. The van der Waals surface area contributed by atoms with Crippen molar-refractivity contribution in [3.05, 3.63) is 113 Å². The molecule has 0 aliphatic heterocycles. The van der Waals surface area contributed by atoms with E-state index in [-0.39, 0.29) is 23.0 Å². The van der Waals surface area contributed by atoms with E-state index in [9.17, 15) is 13.2 Å². The Bertz CT molecular complexity index is 1740. The van der Waals surface area contributed by atoms with Crippen molar-refractivity contribution in [2.75, 3.05) is 11.1 Å². The third-order valence-electron chi connectivity index (χ3n) is 6.82. The summed E-state index contributed by atoms with van der Waals surface area (Å²) in [5.41, 5.74) is 8.03. The molecule has 0 atom stereocenters. The Kier molecular flexibility index (Phi) is 7.35. The number of fused-ring (bicyclic) bond motifs is 1. The second-order valence-electron chi connectivity index (χ2n) is 9.85. The Morgan fingerprint density at radius 1 is 0.821 bits per heavy atom. The molecule has 198 valence electrons. The maximum Gasteiger partial charge on any atom is 0.228 e. The van der Waals surface area contributed by atoms with Crippen LogP contribution in [-0.2, 0) is 27.6 Å². The van der Waals surface area contributed by atoms with Crippen LogP contribution >= 0.6 is 0 Å². The lowest BCUT2D eigenvalue weighted by Crippen LogP contribution is -2.14. The zero-order valence-corrected chi connectivity index (χ0v) is 23.1. The summed E-state index contributed by atoms with van der Waals surface area (Å²) in [6.07, 6.45) is 0.153. The molecule has 5 rings (SSSR count). The van der Waals surface area contributed by atoms with Gasteiger partial charge in [0.25, 0.3) is 0 Å². The zero-order valence-electron chi connectivity index (χ0n) is 22.3. The lowest BCUT2D eigenvalue weighted by Gasteiger charge is -2.11. The molecule has 0 fully saturated rings. The Balaban J connectivity index is 1.35. The van der Waals surface area contributed by atoms with Gasteiger partial charge in [-0.2, -0.15) is 0 Å². The molecule has 0 saturated carbocycles. The van der Waals surface area contributed by atoms with E-state index in [2.05, 4.69) is 66.2 Å². The van der Waals surface area contributed by atoms with E-state index in [1.165, 1.54) is 16.7 Å². The Hall–Kier alpha value is -4.23. The third kappa shape index (κ3) is 5.94. The van der Waals surface area contributed by atoms with E-state index >= 15 is 0 Å². The Labute approximate surface area is 229 Å². The lowest BCUT2D eigenvalue weighted by molar-refractivity contribution is -0.115. The first-order valence-corrected chi connectivity index (χ1v) is 14.6. The average molecular weight is 538 g/mol. The minimum Gasteiger partial charge on any atom is -0.326 e. The van der Waals surface area contributed by atoms with Crippen molar-refractivity contribution in [1.82, 2.24) is 9.55 Å². The number of amides is 1. The summed E-state index contributed by atoms with van der Waals surface area (Å²) in [5, 5.41) is 2.93. The highest BCUT2D eigenvalue weighted by Crippen LogP contribution is 2.28. The smallest absolute Gasteiger partial charge is 0.228 e. The largest absolute Gasteiger partial charge is 0.326 e. The normalized spacial score (nSPS) is 11.6. The number of anilines is 1. The fraction of sp³-hybridized carbons (Fsp3) is 0.188. The molecule has 39 heavy (non-hydrogen) atoms. The van der Waals surface area contributed by atoms with E-state index in [0.29, 0.717) is 12.2 Å². The molecule has 0 bridgehead atoms. The molecule has 1 aromatic heterocycles. The summed E-state index contributed by atoms with van der Waals surface area (Å²) in [7, 11) is -3.26. The van der Waals surface area contributed by atoms with E-state index in [4.69, 9.17) is 4.98 Å². The van der Waals surface area contributed by atoms with Gasteiger partial charge in [-0.1, -0.05) is 55.0 Å². The first kappa shape index (κ1) is 26.4. The van der Waals surface area contributed by atoms with E-state index in [1.807, 2.05) is 24.3 Å². The van der Waals surface area contributed by atoms with Gasteiger partial charge in [-0.15, -0.1) is 0 Å². The van der Waals surface area contributed by atoms with Crippen LogP contribution in [0, 0.1) is 13.8 Å². The molecule has 7 heteroatoms. The molecule has 0 aliphatic rings. The highest BCUT2D eigenvalue weighted by Gasteiger charge is 2.15. The molecule has 6 nitrogen and oxygen atoms in total. The monoisotopic (exact) mass is 537 g/mol. The molecule has 0 unspecified atom stereocenters. The average Bonchev–Trinajstić information content (AvgIpc) is 3.28. The summed E-state index contributed by atoms with van der Waals surface area (Å²) in [6, 6.07) is 29.0. The van der Waals surface area contributed by atoms with Crippen molar-refractivity contribution in [2.24, 2.45) is 0 Å². The standard InChI is InChI=1S/C32H31N3O3S/c1-4-39(37,38)28-16-10-24(11-17-28)20-31(36)33-27-14-12-26(13-15-27)32-34-29-18-7-23(3)19-30(29)35(32)21-25-8-5-22(2)6-9-25/h5-19H,4,20-21H2,1-3H3,(H,33,36). The van der Waals surface area contributed by atoms with Crippen LogP contribution in [0.1, 0.15) is 29.2 Å². The summed E-state index contributed by atoms with van der Waals surface area (Å²) < 4.78 is 26.3. The van der Waals surface area contributed by atoms with Gasteiger partial charge in [-0.05, 0) is 79.1 Å². The molecule has 1 N–H and O–H groups in total. The highest BCUT2D eigenvalue weighted by molar-refractivity contribution is 7.91. The number of imidazole rings is 1. The van der Waals surface area contributed by atoms with Gasteiger partial charge >= 0.3 is 0 Å². The first-order chi connectivity index (χ1) is 18.7. The van der Waals surface area contributed by atoms with Gasteiger partial charge in [0.1, 0.15) is 5.82 Å². The number of aryl methyl sites for hydroxylation is 2.